The minimum absolute atomic E-state index is 0.171. The number of ether oxygens (including phenoxy) is 1. The van der Waals surface area contributed by atoms with E-state index in [9.17, 15) is 4.79 Å². The number of fused-ring (bicyclic) bond motifs is 1. The van der Waals surface area contributed by atoms with Crippen LogP contribution in [0.25, 0.3) is 0 Å². The monoisotopic (exact) mass is 265 g/mol. The summed E-state index contributed by atoms with van der Waals surface area (Å²) in [6.07, 6.45) is 9.86. The standard InChI is InChI=1S/C16H27NO2/c1-3-13(16(18)19-2)8-10-17-11-9-14-6-4-5-7-15(14)12-17/h8,14-15H,3-7,9-12H2,1-2H3. The molecule has 3 nitrogen and oxygen atoms in total. The van der Waals surface area contributed by atoms with Crippen molar-refractivity contribution in [2.75, 3.05) is 26.7 Å². The second-order valence-corrected chi connectivity index (χ2v) is 5.93. The summed E-state index contributed by atoms with van der Waals surface area (Å²) in [5, 5.41) is 0. The summed E-state index contributed by atoms with van der Waals surface area (Å²) in [7, 11) is 1.46. The third kappa shape index (κ3) is 3.82. The van der Waals surface area contributed by atoms with Crippen molar-refractivity contribution in [2.24, 2.45) is 11.8 Å². The lowest BCUT2D eigenvalue weighted by atomic mass is 9.75. The van der Waals surface area contributed by atoms with Gasteiger partial charge in [-0.05, 0) is 37.6 Å². The number of esters is 1. The lowest BCUT2D eigenvalue weighted by Crippen LogP contribution is -2.41. The molecule has 0 spiro atoms. The highest BCUT2D eigenvalue weighted by Crippen LogP contribution is 2.35. The van der Waals surface area contributed by atoms with Gasteiger partial charge in [0.05, 0.1) is 7.11 Å². The Balaban J connectivity index is 1.86. The van der Waals surface area contributed by atoms with Crippen LogP contribution in [0.5, 0.6) is 0 Å². The van der Waals surface area contributed by atoms with Crippen molar-refractivity contribution in [3.63, 3.8) is 0 Å². The van der Waals surface area contributed by atoms with Crippen LogP contribution in [0.4, 0.5) is 0 Å². The fraction of sp³-hybridized carbons (Fsp3) is 0.812. The Kier molecular flexibility index (Phi) is 5.44. The van der Waals surface area contributed by atoms with Crippen LogP contribution >= 0.6 is 0 Å². The Morgan fingerprint density at radius 2 is 2.00 bits per heavy atom. The molecule has 1 saturated heterocycles. The molecule has 0 radical (unpaired) electrons. The molecule has 2 atom stereocenters. The van der Waals surface area contributed by atoms with Crippen LogP contribution in [0.15, 0.2) is 11.6 Å². The van der Waals surface area contributed by atoms with E-state index >= 15 is 0 Å². The van der Waals surface area contributed by atoms with Crippen molar-refractivity contribution in [2.45, 2.75) is 45.4 Å². The number of carbonyl (C=O) groups is 1. The normalized spacial score (nSPS) is 28.8. The van der Waals surface area contributed by atoms with E-state index in [1.807, 2.05) is 6.92 Å². The molecule has 1 aliphatic carbocycles. The van der Waals surface area contributed by atoms with Crippen molar-refractivity contribution in [1.29, 1.82) is 0 Å². The van der Waals surface area contributed by atoms with E-state index < -0.39 is 0 Å². The topological polar surface area (TPSA) is 29.5 Å². The number of nitrogens with zero attached hydrogens (tertiary/aromatic N) is 1. The lowest BCUT2D eigenvalue weighted by molar-refractivity contribution is -0.136. The van der Waals surface area contributed by atoms with E-state index in [1.165, 1.54) is 52.3 Å². The molecule has 19 heavy (non-hydrogen) atoms. The van der Waals surface area contributed by atoms with Gasteiger partial charge in [-0.25, -0.2) is 4.79 Å². The minimum atomic E-state index is -0.171. The van der Waals surface area contributed by atoms with Gasteiger partial charge in [0.1, 0.15) is 0 Å². The average molecular weight is 265 g/mol. The first-order valence-electron chi connectivity index (χ1n) is 7.74. The average Bonchev–Trinajstić information content (AvgIpc) is 2.47. The molecule has 0 bridgehead atoms. The fourth-order valence-electron chi connectivity index (χ4n) is 3.58. The van der Waals surface area contributed by atoms with Crippen LogP contribution in [-0.2, 0) is 9.53 Å². The Morgan fingerprint density at radius 3 is 2.68 bits per heavy atom. The van der Waals surface area contributed by atoms with Gasteiger partial charge in [-0.1, -0.05) is 32.3 Å². The molecule has 2 unspecified atom stereocenters. The van der Waals surface area contributed by atoms with Crippen LogP contribution in [0.3, 0.4) is 0 Å². The van der Waals surface area contributed by atoms with Crippen molar-refractivity contribution in [3.8, 4) is 0 Å². The number of rotatable bonds is 4. The van der Waals surface area contributed by atoms with E-state index in [0.29, 0.717) is 0 Å². The Hall–Kier alpha value is -0.830. The molecule has 2 aliphatic rings. The maximum Gasteiger partial charge on any atom is 0.333 e. The minimum Gasteiger partial charge on any atom is -0.466 e. The zero-order chi connectivity index (χ0) is 13.7. The zero-order valence-electron chi connectivity index (χ0n) is 12.4. The number of likely N-dealkylation sites (tertiary alicyclic amines) is 1. The van der Waals surface area contributed by atoms with E-state index in [-0.39, 0.29) is 5.97 Å². The summed E-state index contributed by atoms with van der Waals surface area (Å²) in [4.78, 5) is 14.0. The van der Waals surface area contributed by atoms with Crippen molar-refractivity contribution < 1.29 is 9.53 Å². The second-order valence-electron chi connectivity index (χ2n) is 5.93. The van der Waals surface area contributed by atoms with E-state index in [4.69, 9.17) is 4.74 Å². The number of piperidine rings is 1. The Labute approximate surface area is 117 Å². The number of carbonyl (C=O) groups excluding carboxylic acids is 1. The van der Waals surface area contributed by atoms with E-state index in [0.717, 1.165) is 30.4 Å². The van der Waals surface area contributed by atoms with Gasteiger partial charge in [-0.2, -0.15) is 0 Å². The molecule has 2 fully saturated rings. The van der Waals surface area contributed by atoms with Gasteiger partial charge in [0.25, 0.3) is 0 Å². The Morgan fingerprint density at radius 1 is 1.26 bits per heavy atom. The smallest absolute Gasteiger partial charge is 0.333 e. The number of methoxy groups -OCH3 is 1. The summed E-state index contributed by atoms with van der Waals surface area (Å²) in [6, 6.07) is 0. The van der Waals surface area contributed by atoms with Crippen molar-refractivity contribution in [3.05, 3.63) is 11.6 Å². The molecule has 2 rings (SSSR count). The number of hydrogen-bond donors (Lipinski definition) is 0. The van der Waals surface area contributed by atoms with E-state index in [1.54, 1.807) is 0 Å². The second kappa shape index (κ2) is 7.09. The highest BCUT2D eigenvalue weighted by molar-refractivity contribution is 5.88. The lowest BCUT2D eigenvalue weighted by Gasteiger charge is -2.41. The van der Waals surface area contributed by atoms with Crippen LogP contribution in [0, 0.1) is 11.8 Å². The first kappa shape index (κ1) is 14.6. The van der Waals surface area contributed by atoms with Crippen molar-refractivity contribution >= 4 is 5.97 Å². The van der Waals surface area contributed by atoms with Gasteiger partial charge in [-0.15, -0.1) is 0 Å². The molecule has 1 aliphatic heterocycles. The quantitative estimate of drug-likeness (QED) is 0.578. The first-order valence-corrected chi connectivity index (χ1v) is 7.74. The maximum absolute atomic E-state index is 11.5. The van der Waals surface area contributed by atoms with Gasteiger partial charge >= 0.3 is 5.97 Å². The van der Waals surface area contributed by atoms with Gasteiger partial charge in [-0.3, -0.25) is 4.90 Å². The van der Waals surface area contributed by atoms with Gasteiger partial charge < -0.3 is 4.74 Å². The van der Waals surface area contributed by atoms with Crippen LogP contribution in [0.1, 0.15) is 45.4 Å². The van der Waals surface area contributed by atoms with E-state index in [2.05, 4.69) is 11.0 Å². The molecule has 0 N–H and O–H groups in total. The summed E-state index contributed by atoms with van der Waals surface area (Å²) in [5.41, 5.74) is 0.813. The molecular formula is C16H27NO2. The predicted molar refractivity (Wildman–Crippen MR) is 76.9 cm³/mol. The van der Waals surface area contributed by atoms with Crippen LogP contribution in [-0.4, -0.2) is 37.6 Å². The summed E-state index contributed by atoms with van der Waals surface area (Å²) in [6.45, 7) is 5.33. The molecule has 3 heteroatoms. The van der Waals surface area contributed by atoms with Gasteiger partial charge in [0.2, 0.25) is 0 Å². The highest BCUT2D eigenvalue weighted by Gasteiger charge is 2.30. The van der Waals surface area contributed by atoms with Crippen LogP contribution < -0.4 is 0 Å². The molecule has 0 aromatic rings. The molecule has 1 saturated carbocycles. The fourth-order valence-corrected chi connectivity index (χ4v) is 3.58. The first-order chi connectivity index (χ1) is 9.24. The molecule has 0 aromatic heterocycles. The van der Waals surface area contributed by atoms with Gasteiger partial charge in [0, 0.05) is 18.7 Å². The molecule has 1 heterocycles. The molecule has 0 amide bonds. The van der Waals surface area contributed by atoms with Crippen molar-refractivity contribution in [1.82, 2.24) is 4.90 Å². The summed E-state index contributed by atoms with van der Waals surface area (Å²) >= 11 is 0. The third-order valence-corrected chi connectivity index (χ3v) is 4.80. The summed E-state index contributed by atoms with van der Waals surface area (Å²) in [5.74, 6) is 1.70. The maximum atomic E-state index is 11.5. The highest BCUT2D eigenvalue weighted by atomic mass is 16.5. The Bertz CT molecular complexity index is 338. The van der Waals surface area contributed by atoms with Gasteiger partial charge in [0.15, 0.2) is 0 Å². The predicted octanol–water partition coefficient (Wildman–Crippen LogP) is 3.01. The largest absolute Gasteiger partial charge is 0.466 e. The molecule has 108 valence electrons. The zero-order valence-corrected chi connectivity index (χ0v) is 12.4. The van der Waals surface area contributed by atoms with Crippen LogP contribution in [0.2, 0.25) is 0 Å². The SMILES string of the molecule is CCC(=CCN1CCC2CCCCC2C1)C(=O)OC. The molecule has 0 aromatic carbocycles. The molecular weight excluding hydrogens is 238 g/mol. The third-order valence-electron chi connectivity index (χ3n) is 4.80. The number of hydrogen-bond acceptors (Lipinski definition) is 3. The summed E-state index contributed by atoms with van der Waals surface area (Å²) < 4.78 is 4.80.